The van der Waals surface area contributed by atoms with Gasteiger partial charge in [-0.3, -0.25) is 0 Å². The third kappa shape index (κ3) is 3.20. The highest BCUT2D eigenvalue weighted by molar-refractivity contribution is 6.33. The molecule has 2 rings (SSSR count). The van der Waals surface area contributed by atoms with Gasteiger partial charge in [-0.1, -0.05) is 23.7 Å². The minimum absolute atomic E-state index is 0.0185. The summed E-state index contributed by atoms with van der Waals surface area (Å²) >= 11 is 6.04. The number of halogens is 1. The first-order valence-electron chi connectivity index (χ1n) is 6.14. The quantitative estimate of drug-likeness (QED) is 0.875. The summed E-state index contributed by atoms with van der Waals surface area (Å²) in [6.45, 7) is 2.40. The van der Waals surface area contributed by atoms with Gasteiger partial charge < -0.3 is 20.1 Å². The van der Waals surface area contributed by atoms with Crippen molar-refractivity contribution >= 4 is 29.3 Å². The molecule has 2 N–H and O–H groups in total. The van der Waals surface area contributed by atoms with E-state index >= 15 is 0 Å². The second-order valence-corrected chi connectivity index (χ2v) is 4.91. The van der Waals surface area contributed by atoms with E-state index in [1.165, 1.54) is 4.90 Å². The Kier molecular flexibility index (Phi) is 4.46. The molecule has 1 unspecified atom stereocenters. The molecule has 0 spiro atoms. The number of carboxylic acids is 1. The van der Waals surface area contributed by atoms with Gasteiger partial charge in [0.1, 0.15) is 0 Å². The van der Waals surface area contributed by atoms with Crippen molar-refractivity contribution in [3.8, 4) is 0 Å². The fourth-order valence-electron chi connectivity index (χ4n) is 1.96. The van der Waals surface area contributed by atoms with Gasteiger partial charge in [0.2, 0.25) is 0 Å². The van der Waals surface area contributed by atoms with Crippen LogP contribution in [0.3, 0.4) is 0 Å². The fraction of sp³-hybridized carbons (Fsp3) is 0.385. The number of hydrogen-bond donors (Lipinski definition) is 2. The number of aryl methyl sites for hydroxylation is 1. The van der Waals surface area contributed by atoms with Crippen LogP contribution >= 0.6 is 11.6 Å². The van der Waals surface area contributed by atoms with Gasteiger partial charge in [0.25, 0.3) is 0 Å². The number of urea groups is 1. The first kappa shape index (κ1) is 14.6. The van der Waals surface area contributed by atoms with Crippen LogP contribution in [0, 0.1) is 6.92 Å². The maximum atomic E-state index is 12.1. The molecule has 7 heteroatoms. The number of hydrogen-bond acceptors (Lipinski definition) is 3. The molecule has 1 aromatic carbocycles. The Morgan fingerprint density at radius 1 is 1.50 bits per heavy atom. The highest BCUT2D eigenvalue weighted by Gasteiger charge is 2.29. The van der Waals surface area contributed by atoms with Crippen molar-refractivity contribution in [3.63, 3.8) is 0 Å². The van der Waals surface area contributed by atoms with E-state index in [0.717, 1.165) is 5.56 Å². The lowest BCUT2D eigenvalue weighted by atomic mass is 10.2. The molecule has 1 saturated heterocycles. The van der Waals surface area contributed by atoms with E-state index in [2.05, 4.69) is 5.32 Å². The summed E-state index contributed by atoms with van der Waals surface area (Å²) in [6.07, 6.45) is -0.984. The van der Waals surface area contributed by atoms with Gasteiger partial charge in [-0.2, -0.15) is 0 Å². The molecule has 20 heavy (non-hydrogen) atoms. The van der Waals surface area contributed by atoms with Crippen LogP contribution in [0.5, 0.6) is 0 Å². The van der Waals surface area contributed by atoms with Crippen LogP contribution in [0.25, 0.3) is 0 Å². The number of amides is 2. The molecule has 108 valence electrons. The molecule has 2 amide bonds. The Morgan fingerprint density at radius 2 is 2.25 bits per heavy atom. The fourth-order valence-corrected chi connectivity index (χ4v) is 2.23. The summed E-state index contributed by atoms with van der Waals surface area (Å²) in [4.78, 5) is 24.4. The number of carboxylic acid groups (broad SMARTS) is 1. The molecule has 1 aromatic rings. The zero-order chi connectivity index (χ0) is 14.7. The number of carbonyl (C=O) groups is 2. The van der Waals surface area contributed by atoms with Crippen molar-refractivity contribution in [1.29, 1.82) is 0 Å². The van der Waals surface area contributed by atoms with Gasteiger partial charge in [0, 0.05) is 6.54 Å². The topological polar surface area (TPSA) is 78.9 Å². The molecule has 1 heterocycles. The molecule has 6 nitrogen and oxygen atoms in total. The Morgan fingerprint density at radius 3 is 2.90 bits per heavy atom. The molecular weight excluding hydrogens is 284 g/mol. The number of para-hydroxylation sites is 1. The third-order valence-electron chi connectivity index (χ3n) is 3.08. The molecule has 1 aliphatic heterocycles. The summed E-state index contributed by atoms with van der Waals surface area (Å²) in [5, 5.41) is 12.1. The molecule has 0 radical (unpaired) electrons. The predicted octanol–water partition coefficient (Wildman–Crippen LogP) is 1.97. The maximum absolute atomic E-state index is 12.1. The van der Waals surface area contributed by atoms with Crippen molar-refractivity contribution in [1.82, 2.24) is 4.90 Å². The van der Waals surface area contributed by atoms with E-state index in [9.17, 15) is 9.59 Å². The number of nitrogens with zero attached hydrogens (tertiary/aromatic N) is 1. The first-order chi connectivity index (χ1) is 9.49. The van der Waals surface area contributed by atoms with Gasteiger partial charge >= 0.3 is 12.0 Å². The standard InChI is InChI=1S/C13H15ClN2O4/c1-8-3-2-4-9(14)11(8)15-13(19)16-5-6-20-10(7-16)12(17)18/h2-4,10H,5-7H2,1H3,(H,15,19)(H,17,18). The third-order valence-corrected chi connectivity index (χ3v) is 3.40. The van der Waals surface area contributed by atoms with E-state index in [4.69, 9.17) is 21.4 Å². The number of benzene rings is 1. The van der Waals surface area contributed by atoms with Crippen LogP contribution in [-0.4, -0.2) is 47.8 Å². The number of aliphatic carboxylic acids is 1. The van der Waals surface area contributed by atoms with E-state index < -0.39 is 12.1 Å². The second-order valence-electron chi connectivity index (χ2n) is 4.51. The summed E-state index contributed by atoms with van der Waals surface area (Å²) in [5.74, 6) is -1.07. The van der Waals surface area contributed by atoms with Crippen molar-refractivity contribution in [2.45, 2.75) is 13.0 Å². The largest absolute Gasteiger partial charge is 0.479 e. The SMILES string of the molecule is Cc1cccc(Cl)c1NC(=O)N1CCOC(C(=O)O)C1. The van der Waals surface area contributed by atoms with Crippen molar-refractivity contribution in [2.24, 2.45) is 0 Å². The second kappa shape index (κ2) is 6.11. The number of nitrogens with one attached hydrogen (secondary N) is 1. The summed E-state index contributed by atoms with van der Waals surface area (Å²) in [7, 11) is 0. The van der Waals surface area contributed by atoms with Crippen LogP contribution < -0.4 is 5.32 Å². The number of carbonyl (C=O) groups excluding carboxylic acids is 1. The van der Waals surface area contributed by atoms with Crippen molar-refractivity contribution in [2.75, 3.05) is 25.0 Å². The van der Waals surface area contributed by atoms with Crippen molar-refractivity contribution < 1.29 is 19.4 Å². The van der Waals surface area contributed by atoms with E-state index in [-0.39, 0.29) is 19.2 Å². The number of morpholine rings is 1. The Bertz CT molecular complexity index is 515. The van der Waals surface area contributed by atoms with Gasteiger partial charge in [0.05, 0.1) is 23.9 Å². The Hall–Kier alpha value is -1.79. The Labute approximate surface area is 121 Å². The zero-order valence-corrected chi connectivity index (χ0v) is 11.7. The summed E-state index contributed by atoms with van der Waals surface area (Å²) in [5.41, 5.74) is 1.38. The first-order valence-corrected chi connectivity index (χ1v) is 6.52. The minimum Gasteiger partial charge on any atom is -0.479 e. The summed E-state index contributed by atoms with van der Waals surface area (Å²) in [6, 6.07) is 4.93. The number of anilines is 1. The minimum atomic E-state index is -1.07. The number of rotatable bonds is 2. The predicted molar refractivity (Wildman–Crippen MR) is 74.2 cm³/mol. The highest BCUT2D eigenvalue weighted by atomic mass is 35.5. The van der Waals surface area contributed by atoms with Gasteiger partial charge in [-0.05, 0) is 18.6 Å². The van der Waals surface area contributed by atoms with E-state index in [1.807, 2.05) is 13.0 Å². The monoisotopic (exact) mass is 298 g/mol. The highest BCUT2D eigenvalue weighted by Crippen LogP contribution is 2.25. The Balaban J connectivity index is 2.06. The van der Waals surface area contributed by atoms with Crippen LogP contribution in [0.1, 0.15) is 5.56 Å². The number of ether oxygens (including phenoxy) is 1. The summed E-state index contributed by atoms with van der Waals surface area (Å²) < 4.78 is 5.07. The van der Waals surface area contributed by atoms with Crippen LogP contribution in [0.4, 0.5) is 10.5 Å². The van der Waals surface area contributed by atoms with Crippen LogP contribution in [0.2, 0.25) is 5.02 Å². The van der Waals surface area contributed by atoms with Crippen LogP contribution in [0.15, 0.2) is 18.2 Å². The zero-order valence-electron chi connectivity index (χ0n) is 10.9. The van der Waals surface area contributed by atoms with Crippen molar-refractivity contribution in [3.05, 3.63) is 28.8 Å². The lowest BCUT2D eigenvalue weighted by Gasteiger charge is -2.31. The van der Waals surface area contributed by atoms with Gasteiger partial charge in [-0.25, -0.2) is 9.59 Å². The average molecular weight is 299 g/mol. The smallest absolute Gasteiger partial charge is 0.334 e. The molecule has 0 bridgehead atoms. The normalized spacial score (nSPS) is 18.7. The van der Waals surface area contributed by atoms with E-state index in [1.54, 1.807) is 12.1 Å². The average Bonchev–Trinajstić information content (AvgIpc) is 2.43. The lowest BCUT2D eigenvalue weighted by Crippen LogP contribution is -2.50. The van der Waals surface area contributed by atoms with E-state index in [0.29, 0.717) is 17.3 Å². The van der Waals surface area contributed by atoms with Crippen LogP contribution in [-0.2, 0) is 9.53 Å². The molecule has 0 aliphatic carbocycles. The molecule has 0 aromatic heterocycles. The molecule has 1 aliphatic rings. The molecular formula is C13H15ClN2O4. The lowest BCUT2D eigenvalue weighted by molar-refractivity contribution is -0.154. The van der Waals surface area contributed by atoms with Gasteiger partial charge in [-0.15, -0.1) is 0 Å². The molecule has 1 atom stereocenters. The van der Waals surface area contributed by atoms with Gasteiger partial charge in [0.15, 0.2) is 6.10 Å². The molecule has 1 fully saturated rings. The molecule has 0 saturated carbocycles. The maximum Gasteiger partial charge on any atom is 0.334 e.